The predicted octanol–water partition coefficient (Wildman–Crippen LogP) is 4.63. The van der Waals surface area contributed by atoms with E-state index < -0.39 is 16.9 Å². The molecule has 1 unspecified atom stereocenters. The lowest BCUT2D eigenvalue weighted by Crippen LogP contribution is -2.55. The third-order valence-corrected chi connectivity index (χ3v) is 8.64. The number of rotatable bonds is 7. The molecule has 0 aromatic heterocycles. The first-order chi connectivity index (χ1) is 16.4. The van der Waals surface area contributed by atoms with Crippen molar-refractivity contribution in [1.29, 1.82) is 0 Å². The molecule has 3 fully saturated rings. The van der Waals surface area contributed by atoms with E-state index in [9.17, 15) is 9.00 Å². The van der Waals surface area contributed by atoms with Crippen LogP contribution in [0, 0.1) is 11.7 Å². The summed E-state index contributed by atoms with van der Waals surface area (Å²) in [5.41, 5.74) is 1.53. The van der Waals surface area contributed by atoms with Gasteiger partial charge in [0.25, 0.3) is 0 Å². The van der Waals surface area contributed by atoms with Crippen LogP contribution >= 0.6 is 0 Å². The maximum absolute atomic E-state index is 15.1. The summed E-state index contributed by atoms with van der Waals surface area (Å²) in [5, 5.41) is 3.57. The Labute approximate surface area is 202 Å². The fourth-order valence-corrected chi connectivity index (χ4v) is 6.29. The zero-order valence-corrected chi connectivity index (χ0v) is 20.3. The minimum absolute atomic E-state index is 0.124. The molecule has 3 aliphatic rings. The maximum atomic E-state index is 15.1. The highest BCUT2D eigenvalue weighted by Gasteiger charge is 2.55. The molecule has 0 radical (unpaired) electrons. The molecule has 1 aliphatic heterocycles. The van der Waals surface area contributed by atoms with Crippen LogP contribution < -0.4 is 10.2 Å². The Morgan fingerprint density at radius 1 is 1.12 bits per heavy atom. The smallest absolute Gasteiger partial charge is 0.317 e. The van der Waals surface area contributed by atoms with Gasteiger partial charge in [-0.2, -0.15) is 0 Å². The highest BCUT2D eigenvalue weighted by molar-refractivity contribution is 7.78. The number of amides is 2. The van der Waals surface area contributed by atoms with Crippen LogP contribution in [0.25, 0.3) is 0 Å². The first-order valence-corrected chi connectivity index (χ1v) is 13.3. The van der Waals surface area contributed by atoms with E-state index in [1.807, 2.05) is 18.0 Å². The summed E-state index contributed by atoms with van der Waals surface area (Å²) in [6, 6.07) is 14.9. The summed E-state index contributed by atoms with van der Waals surface area (Å²) in [6.07, 6.45) is 5.79. The number of hydrogen-bond donors (Lipinski definition) is 2. The van der Waals surface area contributed by atoms with Gasteiger partial charge in [0.2, 0.25) is 0 Å². The summed E-state index contributed by atoms with van der Waals surface area (Å²) in [4.78, 5) is 17.3. The number of carbonyl (C=O) groups excluding carboxylic acids is 1. The van der Waals surface area contributed by atoms with Crippen LogP contribution in [0.3, 0.4) is 0 Å². The number of anilines is 1. The summed E-state index contributed by atoms with van der Waals surface area (Å²) < 4.78 is 35.3. The second-order valence-corrected chi connectivity index (χ2v) is 11.0. The van der Waals surface area contributed by atoms with Crippen molar-refractivity contribution in [2.75, 3.05) is 25.0 Å². The minimum atomic E-state index is -2.04. The SMILES string of the molecule is CNC1(c2ccccc2)CCC2(CC1)CN(c1ccc(CS(=O)O)cc1F)C(=O)N2CC1CC1. The highest BCUT2D eigenvalue weighted by atomic mass is 32.2. The van der Waals surface area contributed by atoms with Crippen LogP contribution in [0.1, 0.15) is 49.7 Å². The van der Waals surface area contributed by atoms with Gasteiger partial charge in [-0.05, 0) is 74.8 Å². The third-order valence-electron chi connectivity index (χ3n) is 8.06. The second-order valence-electron chi connectivity index (χ2n) is 10.1. The Balaban J connectivity index is 1.42. The Morgan fingerprint density at radius 3 is 2.41 bits per heavy atom. The molecule has 8 heteroatoms. The maximum Gasteiger partial charge on any atom is 0.325 e. The van der Waals surface area contributed by atoms with Crippen molar-refractivity contribution in [3.05, 3.63) is 65.5 Å². The first-order valence-electron chi connectivity index (χ1n) is 12.1. The van der Waals surface area contributed by atoms with Gasteiger partial charge in [0.05, 0.1) is 23.5 Å². The van der Waals surface area contributed by atoms with Crippen LogP contribution in [-0.4, -0.2) is 45.4 Å². The molecule has 0 bridgehead atoms. The third kappa shape index (κ3) is 4.27. The number of halogens is 1. The van der Waals surface area contributed by atoms with Gasteiger partial charge in [0.15, 0.2) is 11.1 Å². The fraction of sp³-hybridized carbons (Fsp3) is 0.500. The molecule has 6 nitrogen and oxygen atoms in total. The number of carbonyl (C=O) groups is 1. The van der Waals surface area contributed by atoms with Crippen molar-refractivity contribution in [1.82, 2.24) is 10.2 Å². The van der Waals surface area contributed by atoms with Gasteiger partial charge < -0.3 is 14.8 Å². The van der Waals surface area contributed by atoms with Crippen LogP contribution in [0.4, 0.5) is 14.9 Å². The van der Waals surface area contributed by atoms with Gasteiger partial charge in [-0.15, -0.1) is 0 Å². The number of nitrogens with zero attached hydrogens (tertiary/aromatic N) is 2. The fourth-order valence-electron chi connectivity index (χ4n) is 5.83. The van der Waals surface area contributed by atoms with E-state index >= 15 is 4.39 Å². The second kappa shape index (κ2) is 9.06. The van der Waals surface area contributed by atoms with Gasteiger partial charge in [-0.1, -0.05) is 36.4 Å². The van der Waals surface area contributed by atoms with Crippen molar-refractivity contribution < 1.29 is 17.9 Å². The van der Waals surface area contributed by atoms with Crippen LogP contribution in [0.5, 0.6) is 0 Å². The van der Waals surface area contributed by atoms with Gasteiger partial charge in [-0.3, -0.25) is 4.90 Å². The van der Waals surface area contributed by atoms with Gasteiger partial charge in [0.1, 0.15) is 5.82 Å². The molecule has 1 atom stereocenters. The Bertz CT molecular complexity index is 1080. The Kier molecular flexibility index (Phi) is 6.25. The predicted molar refractivity (Wildman–Crippen MR) is 131 cm³/mol. The zero-order chi connectivity index (χ0) is 23.9. The van der Waals surface area contributed by atoms with E-state index in [-0.39, 0.29) is 28.5 Å². The van der Waals surface area contributed by atoms with E-state index in [4.69, 9.17) is 4.55 Å². The van der Waals surface area contributed by atoms with E-state index in [1.54, 1.807) is 17.0 Å². The summed E-state index contributed by atoms with van der Waals surface area (Å²) in [5.74, 6) is -0.115. The topological polar surface area (TPSA) is 72.9 Å². The van der Waals surface area contributed by atoms with Crippen molar-refractivity contribution in [2.24, 2.45) is 5.92 Å². The number of hydrogen-bond acceptors (Lipinski definition) is 3. The molecule has 2 aromatic carbocycles. The van der Waals surface area contributed by atoms with Crippen molar-refractivity contribution in [3.63, 3.8) is 0 Å². The molecule has 2 N–H and O–H groups in total. The average molecular weight is 486 g/mol. The van der Waals surface area contributed by atoms with Crippen LogP contribution in [-0.2, 0) is 22.4 Å². The molecule has 182 valence electrons. The number of urea groups is 1. The Hall–Kier alpha value is -2.29. The molecule has 5 rings (SSSR count). The molecule has 2 amide bonds. The van der Waals surface area contributed by atoms with Gasteiger partial charge in [0, 0.05) is 12.1 Å². The van der Waals surface area contributed by atoms with Gasteiger partial charge in [-0.25, -0.2) is 13.4 Å². The highest BCUT2D eigenvalue weighted by Crippen LogP contribution is 2.49. The lowest BCUT2D eigenvalue weighted by molar-refractivity contribution is 0.0762. The molecule has 1 heterocycles. The minimum Gasteiger partial charge on any atom is -0.317 e. The molecule has 1 spiro atoms. The number of benzene rings is 2. The Morgan fingerprint density at radius 2 is 1.82 bits per heavy atom. The standard InChI is InChI=1S/C26H32FN3O3S/c1-28-26(21-5-3-2-4-6-21)13-11-25(12-14-26)18-29(24(31)30(25)16-19-7-8-19)23-10-9-20(15-22(23)27)17-34(32)33/h2-6,9-10,15,19,28H,7-8,11-14,16-18H2,1H3,(H,32,33). The first kappa shape index (κ1) is 23.5. The molecule has 1 saturated heterocycles. The van der Waals surface area contributed by atoms with Crippen molar-refractivity contribution in [2.45, 2.75) is 55.4 Å². The van der Waals surface area contributed by atoms with Crippen LogP contribution in [0.15, 0.2) is 48.5 Å². The van der Waals surface area contributed by atoms with E-state index in [1.165, 1.54) is 11.6 Å². The molecule has 2 aliphatic carbocycles. The lowest BCUT2D eigenvalue weighted by Gasteiger charge is -2.48. The quantitative estimate of drug-likeness (QED) is 0.561. The van der Waals surface area contributed by atoms with Crippen molar-refractivity contribution in [3.8, 4) is 0 Å². The normalized spacial score (nSPS) is 28.0. The molecule has 2 saturated carbocycles. The van der Waals surface area contributed by atoms with Crippen LogP contribution in [0.2, 0.25) is 0 Å². The monoisotopic (exact) mass is 485 g/mol. The molecule has 34 heavy (non-hydrogen) atoms. The van der Waals surface area contributed by atoms with Gasteiger partial charge >= 0.3 is 6.03 Å². The number of nitrogens with one attached hydrogen (secondary N) is 1. The summed E-state index contributed by atoms with van der Waals surface area (Å²) in [6.45, 7) is 1.20. The van der Waals surface area contributed by atoms with E-state index in [2.05, 4.69) is 29.6 Å². The van der Waals surface area contributed by atoms with Crippen molar-refractivity contribution >= 4 is 22.8 Å². The molecule has 2 aromatic rings. The summed E-state index contributed by atoms with van der Waals surface area (Å²) >= 11 is -2.04. The van der Waals surface area contributed by atoms with E-state index in [0.29, 0.717) is 18.0 Å². The van der Waals surface area contributed by atoms with E-state index in [0.717, 1.165) is 45.1 Å². The molecular formula is C26H32FN3O3S. The summed E-state index contributed by atoms with van der Waals surface area (Å²) in [7, 11) is 2.01. The lowest BCUT2D eigenvalue weighted by atomic mass is 9.69. The molecular weight excluding hydrogens is 453 g/mol. The average Bonchev–Trinajstić information content (AvgIpc) is 3.62. The largest absolute Gasteiger partial charge is 0.325 e. The zero-order valence-electron chi connectivity index (χ0n) is 19.5.